The van der Waals surface area contributed by atoms with Gasteiger partial charge < -0.3 is 10.2 Å². The number of amides is 3. The van der Waals surface area contributed by atoms with Crippen LogP contribution in [0.5, 0.6) is 0 Å². The van der Waals surface area contributed by atoms with Gasteiger partial charge in [-0.1, -0.05) is 48.5 Å². The number of carbonyl (C=O) groups is 3. The molecule has 27 heavy (non-hydrogen) atoms. The fourth-order valence-electron chi connectivity index (χ4n) is 3.23. The van der Waals surface area contributed by atoms with Crippen molar-refractivity contribution in [2.75, 3.05) is 27.2 Å². The molecule has 0 radical (unpaired) electrons. The van der Waals surface area contributed by atoms with E-state index in [1.807, 2.05) is 49.3 Å². The molecule has 0 fully saturated rings. The predicted octanol–water partition coefficient (Wildman–Crippen LogP) is 1.63. The van der Waals surface area contributed by atoms with Crippen LogP contribution in [0.2, 0.25) is 0 Å². The Hall–Kier alpha value is -2.99. The van der Waals surface area contributed by atoms with Crippen molar-refractivity contribution in [2.24, 2.45) is 0 Å². The molecule has 0 aromatic heterocycles. The minimum Gasteiger partial charge on any atom is -0.346 e. The van der Waals surface area contributed by atoms with E-state index in [1.54, 1.807) is 24.3 Å². The Balaban J connectivity index is 1.72. The molecule has 1 aliphatic heterocycles. The van der Waals surface area contributed by atoms with E-state index in [0.717, 1.165) is 10.5 Å². The summed E-state index contributed by atoms with van der Waals surface area (Å²) >= 11 is 0. The van der Waals surface area contributed by atoms with Crippen LogP contribution in [-0.4, -0.2) is 54.7 Å². The first kappa shape index (κ1) is 18.8. The lowest BCUT2D eigenvalue weighted by molar-refractivity contribution is -0.133. The molecule has 3 amide bonds. The van der Waals surface area contributed by atoms with E-state index in [9.17, 15) is 14.4 Å². The van der Waals surface area contributed by atoms with E-state index >= 15 is 0 Å². The second kappa shape index (κ2) is 8.14. The Kier molecular flexibility index (Phi) is 5.66. The van der Waals surface area contributed by atoms with Crippen molar-refractivity contribution >= 4 is 17.7 Å². The van der Waals surface area contributed by atoms with E-state index in [4.69, 9.17) is 0 Å². The molecule has 2 aromatic rings. The zero-order valence-corrected chi connectivity index (χ0v) is 15.5. The molecule has 140 valence electrons. The standard InChI is InChI=1S/C21H23N3O3/c1-23(2)13-18(15-8-4-3-5-9-15)22-19(25)14-24-20(26)12-16-10-6-7-11-17(16)21(24)27/h3-11,18H,12-14H2,1-2H3,(H,22,25)/t18-/m0/s1. The van der Waals surface area contributed by atoms with Crippen LogP contribution in [0, 0.1) is 0 Å². The van der Waals surface area contributed by atoms with Gasteiger partial charge >= 0.3 is 0 Å². The SMILES string of the molecule is CN(C)C[C@H](NC(=O)CN1C(=O)Cc2ccccc2C1=O)c1ccccc1. The lowest BCUT2D eigenvalue weighted by Crippen LogP contribution is -2.48. The first-order valence-corrected chi connectivity index (χ1v) is 8.87. The number of rotatable bonds is 6. The summed E-state index contributed by atoms with van der Waals surface area (Å²) < 4.78 is 0. The summed E-state index contributed by atoms with van der Waals surface area (Å²) in [6.45, 7) is 0.337. The average Bonchev–Trinajstić information content (AvgIpc) is 2.65. The zero-order chi connectivity index (χ0) is 19.4. The summed E-state index contributed by atoms with van der Waals surface area (Å²) in [5, 5.41) is 2.95. The number of nitrogens with zero attached hydrogens (tertiary/aromatic N) is 2. The molecular weight excluding hydrogens is 342 g/mol. The van der Waals surface area contributed by atoms with Gasteiger partial charge in [-0.05, 0) is 31.3 Å². The first-order chi connectivity index (χ1) is 13.0. The maximum absolute atomic E-state index is 12.6. The molecule has 0 saturated carbocycles. The molecule has 1 heterocycles. The first-order valence-electron chi connectivity index (χ1n) is 8.87. The molecule has 2 aromatic carbocycles. The molecule has 0 saturated heterocycles. The van der Waals surface area contributed by atoms with Crippen LogP contribution in [0.1, 0.15) is 27.5 Å². The highest BCUT2D eigenvalue weighted by Gasteiger charge is 2.32. The number of imide groups is 1. The molecule has 6 nitrogen and oxygen atoms in total. The molecule has 0 spiro atoms. The van der Waals surface area contributed by atoms with Gasteiger partial charge in [0.2, 0.25) is 11.8 Å². The highest BCUT2D eigenvalue weighted by atomic mass is 16.2. The van der Waals surface area contributed by atoms with Crippen molar-refractivity contribution in [2.45, 2.75) is 12.5 Å². The lowest BCUT2D eigenvalue weighted by atomic mass is 9.98. The largest absolute Gasteiger partial charge is 0.346 e. The van der Waals surface area contributed by atoms with Crippen LogP contribution in [0.3, 0.4) is 0 Å². The van der Waals surface area contributed by atoms with Gasteiger partial charge in [0.05, 0.1) is 12.5 Å². The van der Waals surface area contributed by atoms with E-state index in [0.29, 0.717) is 17.7 Å². The van der Waals surface area contributed by atoms with Crippen LogP contribution in [0.15, 0.2) is 54.6 Å². The molecular formula is C21H23N3O3. The molecule has 1 N–H and O–H groups in total. The molecule has 3 rings (SSSR count). The topological polar surface area (TPSA) is 69.7 Å². The fraction of sp³-hybridized carbons (Fsp3) is 0.286. The second-order valence-corrected chi connectivity index (χ2v) is 6.91. The Morgan fingerprint density at radius 2 is 1.74 bits per heavy atom. The van der Waals surface area contributed by atoms with Gasteiger partial charge in [0.15, 0.2) is 0 Å². The highest BCUT2D eigenvalue weighted by molar-refractivity contribution is 6.11. The molecule has 0 aliphatic carbocycles. The monoisotopic (exact) mass is 365 g/mol. The van der Waals surface area contributed by atoms with Crippen molar-refractivity contribution in [3.8, 4) is 0 Å². The summed E-state index contributed by atoms with van der Waals surface area (Å²) in [5.74, 6) is -1.12. The van der Waals surface area contributed by atoms with E-state index < -0.39 is 5.91 Å². The second-order valence-electron chi connectivity index (χ2n) is 6.91. The zero-order valence-electron chi connectivity index (χ0n) is 15.5. The normalized spacial score (nSPS) is 14.9. The lowest BCUT2D eigenvalue weighted by Gasteiger charge is -2.28. The van der Waals surface area contributed by atoms with Gasteiger partial charge in [-0.3, -0.25) is 19.3 Å². The number of carbonyl (C=O) groups excluding carboxylic acids is 3. The third kappa shape index (κ3) is 4.41. The van der Waals surface area contributed by atoms with Gasteiger partial charge in [-0.25, -0.2) is 0 Å². The van der Waals surface area contributed by atoms with E-state index in [-0.39, 0.29) is 30.8 Å². The summed E-state index contributed by atoms with van der Waals surface area (Å²) in [7, 11) is 3.85. The van der Waals surface area contributed by atoms with Crippen LogP contribution in [0.4, 0.5) is 0 Å². The van der Waals surface area contributed by atoms with E-state index in [2.05, 4.69) is 5.32 Å². The third-order valence-corrected chi connectivity index (χ3v) is 4.52. The molecule has 1 atom stereocenters. The number of fused-ring (bicyclic) bond motifs is 1. The Labute approximate surface area is 158 Å². The number of nitrogens with one attached hydrogen (secondary N) is 1. The molecule has 0 unspecified atom stereocenters. The fourth-order valence-corrected chi connectivity index (χ4v) is 3.23. The van der Waals surface area contributed by atoms with Crippen molar-refractivity contribution < 1.29 is 14.4 Å². The Bertz CT molecular complexity index is 849. The number of hydrogen-bond donors (Lipinski definition) is 1. The molecule has 1 aliphatic rings. The summed E-state index contributed by atoms with van der Waals surface area (Å²) in [6, 6.07) is 16.4. The summed E-state index contributed by atoms with van der Waals surface area (Å²) in [6.07, 6.45) is 0.134. The van der Waals surface area contributed by atoms with Gasteiger partial charge in [0.1, 0.15) is 6.54 Å². The Morgan fingerprint density at radius 1 is 1.07 bits per heavy atom. The van der Waals surface area contributed by atoms with Crippen LogP contribution in [0.25, 0.3) is 0 Å². The highest BCUT2D eigenvalue weighted by Crippen LogP contribution is 2.20. The third-order valence-electron chi connectivity index (χ3n) is 4.52. The smallest absolute Gasteiger partial charge is 0.261 e. The van der Waals surface area contributed by atoms with Gasteiger partial charge in [0, 0.05) is 12.1 Å². The minimum atomic E-state index is -0.416. The number of hydrogen-bond acceptors (Lipinski definition) is 4. The van der Waals surface area contributed by atoms with Crippen LogP contribution < -0.4 is 5.32 Å². The predicted molar refractivity (Wildman–Crippen MR) is 102 cm³/mol. The maximum atomic E-state index is 12.6. The summed E-state index contributed by atoms with van der Waals surface area (Å²) in [4.78, 5) is 40.6. The van der Waals surface area contributed by atoms with Crippen molar-refractivity contribution in [1.82, 2.24) is 15.1 Å². The minimum absolute atomic E-state index is 0.134. The van der Waals surface area contributed by atoms with Crippen LogP contribution >= 0.6 is 0 Å². The van der Waals surface area contributed by atoms with Crippen molar-refractivity contribution in [3.05, 3.63) is 71.3 Å². The quantitative estimate of drug-likeness (QED) is 0.790. The maximum Gasteiger partial charge on any atom is 0.261 e. The van der Waals surface area contributed by atoms with Gasteiger partial charge in [-0.15, -0.1) is 0 Å². The van der Waals surface area contributed by atoms with Crippen molar-refractivity contribution in [1.29, 1.82) is 0 Å². The Morgan fingerprint density at radius 3 is 2.44 bits per heavy atom. The average molecular weight is 365 g/mol. The van der Waals surface area contributed by atoms with Gasteiger partial charge in [0.25, 0.3) is 5.91 Å². The van der Waals surface area contributed by atoms with Crippen molar-refractivity contribution in [3.63, 3.8) is 0 Å². The van der Waals surface area contributed by atoms with Gasteiger partial charge in [-0.2, -0.15) is 0 Å². The number of likely N-dealkylation sites (N-methyl/N-ethyl adjacent to an activating group) is 1. The molecule has 0 bridgehead atoms. The number of benzene rings is 2. The van der Waals surface area contributed by atoms with E-state index in [1.165, 1.54) is 0 Å². The molecule has 6 heteroatoms. The van der Waals surface area contributed by atoms with Crippen LogP contribution in [-0.2, 0) is 16.0 Å². The summed E-state index contributed by atoms with van der Waals surface area (Å²) in [5.41, 5.74) is 2.16.